The van der Waals surface area contributed by atoms with Gasteiger partial charge in [-0.2, -0.15) is 0 Å². The van der Waals surface area contributed by atoms with Gasteiger partial charge in [-0.25, -0.2) is 0 Å². The molecule has 1 saturated heterocycles. The quantitative estimate of drug-likeness (QED) is 0.214. The number of nitrogens with zero attached hydrogens (tertiary/aromatic N) is 2. The van der Waals surface area contributed by atoms with Gasteiger partial charge in [0, 0.05) is 53.0 Å². The molecule has 0 bridgehead atoms. The number of hydrogen-bond donors (Lipinski definition) is 0. The minimum absolute atomic E-state index is 0.0929. The van der Waals surface area contributed by atoms with E-state index < -0.39 is 5.54 Å². The molecule has 1 aliphatic heterocycles. The lowest BCUT2D eigenvalue weighted by atomic mass is 9.75. The summed E-state index contributed by atoms with van der Waals surface area (Å²) < 4.78 is 5.88. The second kappa shape index (κ2) is 13.0. The first-order valence-electron chi connectivity index (χ1n) is 14.0. The fraction of sp³-hybridized carbons (Fsp3) is 0.406. The maximum absolute atomic E-state index is 14.7. The lowest BCUT2D eigenvalue weighted by molar-refractivity contribution is -0.151. The van der Waals surface area contributed by atoms with Crippen LogP contribution >= 0.6 is 34.5 Å². The van der Waals surface area contributed by atoms with E-state index >= 15 is 0 Å². The molecule has 0 saturated carbocycles. The highest BCUT2D eigenvalue weighted by atomic mass is 35.5. The van der Waals surface area contributed by atoms with Crippen molar-refractivity contribution >= 4 is 62.4 Å². The van der Waals surface area contributed by atoms with Crippen molar-refractivity contribution in [3.8, 4) is 0 Å². The van der Waals surface area contributed by atoms with Crippen molar-refractivity contribution in [2.45, 2.75) is 55.9 Å². The van der Waals surface area contributed by atoms with Crippen LogP contribution in [0.4, 0.5) is 0 Å². The highest BCUT2D eigenvalue weighted by molar-refractivity contribution is 7.17. The molecule has 2 atom stereocenters. The number of amides is 2. The number of thiophene rings is 1. The van der Waals surface area contributed by atoms with Crippen LogP contribution in [0, 0.1) is 0 Å². The number of esters is 1. The fourth-order valence-corrected chi connectivity index (χ4v) is 7.24. The zero-order chi connectivity index (χ0) is 29.0. The standard InChI is InChI=1S/C32H34Cl2N2O4S/c1-40-29(37)10-5-16-35(20-23-6-4-7-25(34)18-23)31(39)32(19-22-11-13-24(33)14-12-22)15-17-36(32)30(38)27-21-41-28-9-3-2-8-26(27)28/h2-4,6-9,11,13,21,25H,5,10,12,14-20H2,1H3. The number of fused-ring (bicyclic) bond motifs is 1. The SMILES string of the molecule is COC(=O)CCCN(CC1=CC=CC(Cl)C1)C(=O)C1(CC2=CC=C(Cl)CC2)CCN1C(=O)c1csc2ccccc12. The minimum Gasteiger partial charge on any atom is -0.469 e. The second-order valence-electron chi connectivity index (χ2n) is 10.8. The number of carbonyl (C=O) groups is 3. The molecule has 9 heteroatoms. The van der Waals surface area contributed by atoms with Crippen molar-refractivity contribution in [2.24, 2.45) is 0 Å². The summed E-state index contributed by atoms with van der Waals surface area (Å²) in [6, 6.07) is 7.87. The lowest BCUT2D eigenvalue weighted by Gasteiger charge is -2.53. The Balaban J connectivity index is 1.48. The number of halogens is 2. The minimum atomic E-state index is -1.01. The molecule has 1 aromatic heterocycles. The van der Waals surface area contributed by atoms with E-state index in [4.69, 9.17) is 27.9 Å². The van der Waals surface area contributed by atoms with Crippen LogP contribution in [0.1, 0.15) is 55.3 Å². The molecular weight excluding hydrogens is 579 g/mol. The van der Waals surface area contributed by atoms with Crippen LogP contribution in [0.3, 0.4) is 0 Å². The number of methoxy groups -OCH3 is 1. The first kappa shape index (κ1) is 29.6. The van der Waals surface area contributed by atoms with Crippen molar-refractivity contribution in [2.75, 3.05) is 26.7 Å². The summed E-state index contributed by atoms with van der Waals surface area (Å²) >= 11 is 14.2. The van der Waals surface area contributed by atoms with Crippen molar-refractivity contribution in [1.82, 2.24) is 9.80 Å². The van der Waals surface area contributed by atoms with Crippen molar-refractivity contribution in [3.05, 3.63) is 81.8 Å². The number of carbonyl (C=O) groups excluding carboxylic acids is 3. The molecule has 2 aliphatic carbocycles. The number of ether oxygens (including phenoxy) is 1. The largest absolute Gasteiger partial charge is 0.469 e. The predicted molar refractivity (Wildman–Crippen MR) is 165 cm³/mol. The molecule has 6 nitrogen and oxygen atoms in total. The van der Waals surface area contributed by atoms with Crippen LogP contribution in [0.2, 0.25) is 0 Å². The summed E-state index contributed by atoms with van der Waals surface area (Å²) in [4.78, 5) is 44.3. The van der Waals surface area contributed by atoms with E-state index in [0.717, 1.165) is 39.1 Å². The summed E-state index contributed by atoms with van der Waals surface area (Å²) in [5.41, 5.74) is 1.76. The van der Waals surface area contributed by atoms with Crippen LogP contribution in [0.15, 0.2) is 76.2 Å². The molecule has 3 aliphatic rings. The third-order valence-electron chi connectivity index (χ3n) is 8.15. The van der Waals surface area contributed by atoms with E-state index in [1.807, 2.05) is 64.9 Å². The first-order valence-corrected chi connectivity index (χ1v) is 15.7. The topological polar surface area (TPSA) is 66.9 Å². The average Bonchev–Trinajstić information content (AvgIpc) is 3.40. The molecule has 2 aromatic rings. The summed E-state index contributed by atoms with van der Waals surface area (Å²) in [6.07, 6.45) is 13.6. The number of alkyl halides is 1. The molecule has 0 radical (unpaired) electrons. The molecule has 0 N–H and O–H groups in total. The Labute approximate surface area is 254 Å². The zero-order valence-corrected chi connectivity index (χ0v) is 25.4. The van der Waals surface area contributed by atoms with Crippen LogP contribution in [0.5, 0.6) is 0 Å². The van der Waals surface area contributed by atoms with Gasteiger partial charge in [0.05, 0.1) is 18.1 Å². The van der Waals surface area contributed by atoms with Crippen LogP contribution in [0.25, 0.3) is 10.1 Å². The maximum atomic E-state index is 14.7. The van der Waals surface area contributed by atoms with E-state index in [2.05, 4.69) is 0 Å². The third kappa shape index (κ3) is 6.47. The molecular formula is C32H34Cl2N2O4S. The van der Waals surface area contributed by atoms with Gasteiger partial charge in [0.15, 0.2) is 0 Å². The van der Waals surface area contributed by atoms with Crippen LogP contribution in [-0.4, -0.2) is 65.2 Å². The van der Waals surface area contributed by atoms with Gasteiger partial charge in [0.25, 0.3) is 5.91 Å². The molecule has 0 spiro atoms. The second-order valence-corrected chi connectivity index (χ2v) is 12.8. The first-order chi connectivity index (χ1) is 19.8. The Morgan fingerprint density at radius 3 is 2.68 bits per heavy atom. The maximum Gasteiger partial charge on any atom is 0.305 e. The van der Waals surface area contributed by atoms with Crippen LogP contribution in [-0.2, 0) is 14.3 Å². The van der Waals surface area contributed by atoms with E-state index in [9.17, 15) is 14.4 Å². The average molecular weight is 614 g/mol. The van der Waals surface area contributed by atoms with Gasteiger partial charge in [0.1, 0.15) is 5.54 Å². The predicted octanol–water partition coefficient (Wildman–Crippen LogP) is 6.99. The summed E-state index contributed by atoms with van der Waals surface area (Å²) in [7, 11) is 1.37. The molecule has 1 fully saturated rings. The van der Waals surface area contributed by atoms with Crippen molar-refractivity contribution < 1.29 is 19.1 Å². The molecule has 5 rings (SSSR count). The van der Waals surface area contributed by atoms with Gasteiger partial charge >= 0.3 is 5.97 Å². The highest BCUT2D eigenvalue weighted by Gasteiger charge is 2.55. The van der Waals surface area contributed by atoms with Gasteiger partial charge in [-0.3, -0.25) is 14.4 Å². The zero-order valence-electron chi connectivity index (χ0n) is 23.1. The van der Waals surface area contributed by atoms with Crippen LogP contribution < -0.4 is 0 Å². The Morgan fingerprint density at radius 1 is 1.15 bits per heavy atom. The van der Waals surface area contributed by atoms with E-state index in [1.54, 1.807) is 4.90 Å². The molecule has 41 heavy (non-hydrogen) atoms. The Morgan fingerprint density at radius 2 is 1.98 bits per heavy atom. The Kier molecular flexibility index (Phi) is 9.37. The number of likely N-dealkylation sites (tertiary alicyclic amines) is 1. The lowest BCUT2D eigenvalue weighted by Crippen LogP contribution is -2.69. The molecule has 2 heterocycles. The van der Waals surface area contributed by atoms with Gasteiger partial charge in [-0.05, 0) is 49.8 Å². The van der Waals surface area contributed by atoms with Gasteiger partial charge in [0.2, 0.25) is 5.91 Å². The smallest absolute Gasteiger partial charge is 0.305 e. The van der Waals surface area contributed by atoms with E-state index in [-0.39, 0.29) is 29.6 Å². The Hall–Kier alpha value is -2.87. The Bertz CT molecular complexity index is 1460. The molecule has 216 valence electrons. The monoisotopic (exact) mass is 612 g/mol. The van der Waals surface area contributed by atoms with E-state index in [0.29, 0.717) is 50.9 Å². The summed E-state index contributed by atoms with van der Waals surface area (Å²) in [6.45, 7) is 1.27. The normalized spacial score (nSPS) is 22.0. The van der Waals surface area contributed by atoms with Gasteiger partial charge in [-0.1, -0.05) is 59.7 Å². The highest BCUT2D eigenvalue weighted by Crippen LogP contribution is 2.43. The number of allylic oxidation sites excluding steroid dienone is 6. The number of hydrogen-bond acceptors (Lipinski definition) is 5. The molecule has 1 aromatic carbocycles. The summed E-state index contributed by atoms with van der Waals surface area (Å²) in [5.74, 6) is -0.527. The molecule has 2 amide bonds. The van der Waals surface area contributed by atoms with Crippen molar-refractivity contribution in [1.29, 1.82) is 0 Å². The van der Waals surface area contributed by atoms with Gasteiger partial charge < -0.3 is 14.5 Å². The van der Waals surface area contributed by atoms with E-state index in [1.165, 1.54) is 18.4 Å². The summed E-state index contributed by atoms with van der Waals surface area (Å²) in [5, 5.41) is 3.47. The number of benzene rings is 1. The number of rotatable bonds is 10. The van der Waals surface area contributed by atoms with Crippen molar-refractivity contribution in [3.63, 3.8) is 0 Å². The van der Waals surface area contributed by atoms with Gasteiger partial charge in [-0.15, -0.1) is 22.9 Å². The third-order valence-corrected chi connectivity index (χ3v) is 9.73. The fourth-order valence-electron chi connectivity index (χ4n) is 5.86. The molecule has 2 unspecified atom stereocenters.